The Bertz CT molecular complexity index is 213. The highest BCUT2D eigenvalue weighted by atomic mass is 127. The minimum Gasteiger partial charge on any atom is -0.444 e. The van der Waals surface area contributed by atoms with E-state index in [1.54, 1.807) is 0 Å². The van der Waals surface area contributed by atoms with Gasteiger partial charge in [0.05, 0.1) is 0 Å². The monoisotopic (exact) mass is 311 g/mol. The second-order valence-corrected chi connectivity index (χ2v) is 5.62. The average molecular weight is 311 g/mol. The van der Waals surface area contributed by atoms with E-state index in [1.807, 2.05) is 25.7 Å². The summed E-state index contributed by atoms with van der Waals surface area (Å²) in [5.41, 5.74) is -0.376. The van der Waals surface area contributed by atoms with Crippen LogP contribution in [0.15, 0.2) is 0 Å². The van der Waals surface area contributed by atoms with Gasteiger partial charge in [0.25, 0.3) is 0 Å². The molecule has 14 heavy (non-hydrogen) atoms. The summed E-state index contributed by atoms with van der Waals surface area (Å²) in [6.07, 6.45) is 0.951. The van der Waals surface area contributed by atoms with E-state index < -0.39 is 0 Å². The molecule has 0 unspecified atom stereocenters. The number of ether oxygens (including phenoxy) is 1. The van der Waals surface area contributed by atoms with E-state index in [1.165, 1.54) is 0 Å². The minimum atomic E-state index is -0.376. The third-order valence-electron chi connectivity index (χ3n) is 2.16. The van der Waals surface area contributed by atoms with Gasteiger partial charge in [0.15, 0.2) is 0 Å². The van der Waals surface area contributed by atoms with Crippen molar-refractivity contribution in [2.24, 2.45) is 5.92 Å². The number of rotatable bonds is 1. The second-order valence-electron chi connectivity index (χ2n) is 4.74. The molecule has 0 bridgehead atoms. The molecule has 1 amide bonds. The fourth-order valence-electron chi connectivity index (χ4n) is 1.45. The van der Waals surface area contributed by atoms with Crippen LogP contribution in [0.25, 0.3) is 0 Å². The zero-order valence-corrected chi connectivity index (χ0v) is 11.2. The predicted molar refractivity (Wildman–Crippen MR) is 64.8 cm³/mol. The number of carbonyl (C=O) groups is 1. The summed E-state index contributed by atoms with van der Waals surface area (Å²) in [6.45, 7) is 7.41. The Hall–Kier alpha value is 0. The molecule has 82 valence electrons. The maximum atomic E-state index is 11.6. The van der Waals surface area contributed by atoms with Crippen LogP contribution in [0, 0.1) is 5.92 Å². The van der Waals surface area contributed by atoms with Crippen LogP contribution >= 0.6 is 22.6 Å². The van der Waals surface area contributed by atoms with Crippen LogP contribution in [0.1, 0.15) is 27.2 Å². The molecular weight excluding hydrogens is 293 g/mol. The van der Waals surface area contributed by atoms with Crippen LogP contribution in [0.2, 0.25) is 0 Å². The van der Waals surface area contributed by atoms with Gasteiger partial charge in [-0.25, -0.2) is 4.79 Å². The number of halogens is 1. The normalized spacial score (nSPS) is 22.6. The second kappa shape index (κ2) is 4.68. The first kappa shape index (κ1) is 12.1. The maximum Gasteiger partial charge on any atom is 0.410 e. The van der Waals surface area contributed by atoms with Gasteiger partial charge < -0.3 is 9.64 Å². The van der Waals surface area contributed by atoms with E-state index in [-0.39, 0.29) is 11.7 Å². The van der Waals surface area contributed by atoms with Gasteiger partial charge in [-0.1, -0.05) is 22.6 Å². The van der Waals surface area contributed by atoms with Crippen LogP contribution in [-0.2, 0) is 4.74 Å². The molecule has 1 aliphatic rings. The Morgan fingerprint density at radius 3 is 2.64 bits per heavy atom. The Balaban J connectivity index is 2.40. The van der Waals surface area contributed by atoms with E-state index in [0.29, 0.717) is 5.92 Å². The van der Waals surface area contributed by atoms with Crippen LogP contribution in [0.3, 0.4) is 0 Å². The highest BCUT2D eigenvalue weighted by molar-refractivity contribution is 14.1. The van der Waals surface area contributed by atoms with Crippen molar-refractivity contribution in [1.82, 2.24) is 4.90 Å². The summed E-state index contributed by atoms with van der Waals surface area (Å²) >= 11 is 2.37. The molecule has 1 aliphatic heterocycles. The van der Waals surface area contributed by atoms with Gasteiger partial charge in [0.1, 0.15) is 5.60 Å². The van der Waals surface area contributed by atoms with Crippen molar-refractivity contribution < 1.29 is 9.53 Å². The first-order chi connectivity index (χ1) is 6.42. The lowest BCUT2D eigenvalue weighted by Crippen LogP contribution is -2.35. The van der Waals surface area contributed by atoms with Gasteiger partial charge in [-0.2, -0.15) is 0 Å². The van der Waals surface area contributed by atoms with Crippen LogP contribution in [0.4, 0.5) is 4.79 Å². The Labute approximate surface area is 99.3 Å². The smallest absolute Gasteiger partial charge is 0.410 e. The molecular formula is C10H18INO2. The number of likely N-dealkylation sites (tertiary alicyclic amines) is 1. The first-order valence-electron chi connectivity index (χ1n) is 4.96. The minimum absolute atomic E-state index is 0.162. The van der Waals surface area contributed by atoms with Gasteiger partial charge in [-0.15, -0.1) is 0 Å². The molecule has 1 saturated heterocycles. The molecule has 0 aromatic heterocycles. The van der Waals surface area contributed by atoms with E-state index in [9.17, 15) is 4.79 Å². The number of amides is 1. The molecule has 3 nitrogen and oxygen atoms in total. The third kappa shape index (κ3) is 3.63. The van der Waals surface area contributed by atoms with E-state index in [0.717, 1.165) is 23.9 Å². The van der Waals surface area contributed by atoms with E-state index in [2.05, 4.69) is 22.6 Å². The molecule has 0 aromatic carbocycles. The summed E-state index contributed by atoms with van der Waals surface area (Å²) in [5.74, 6) is 0.656. The van der Waals surface area contributed by atoms with E-state index >= 15 is 0 Å². The molecule has 4 heteroatoms. The van der Waals surface area contributed by atoms with Crippen molar-refractivity contribution in [3.8, 4) is 0 Å². The molecule has 0 aliphatic carbocycles. The van der Waals surface area contributed by atoms with Crippen molar-refractivity contribution in [3.63, 3.8) is 0 Å². The predicted octanol–water partition coefficient (Wildman–Crippen LogP) is 2.68. The van der Waals surface area contributed by atoms with Gasteiger partial charge in [0, 0.05) is 17.5 Å². The van der Waals surface area contributed by atoms with Gasteiger partial charge in [0.2, 0.25) is 0 Å². The number of carbonyl (C=O) groups excluding carboxylic acids is 1. The Morgan fingerprint density at radius 2 is 2.21 bits per heavy atom. The SMILES string of the molecule is CC(C)(C)OC(=O)N1CC[C@H](CI)C1. The molecule has 0 radical (unpaired) electrons. The quantitative estimate of drug-likeness (QED) is 0.550. The topological polar surface area (TPSA) is 29.5 Å². The molecule has 0 spiro atoms. The van der Waals surface area contributed by atoms with Crippen molar-refractivity contribution in [3.05, 3.63) is 0 Å². The number of hydrogen-bond donors (Lipinski definition) is 0. The standard InChI is InChI=1S/C10H18INO2/c1-10(2,3)14-9(13)12-5-4-8(6-11)7-12/h8H,4-7H2,1-3H3/t8-/m1/s1. The van der Waals surface area contributed by atoms with Crippen molar-refractivity contribution in [2.75, 3.05) is 17.5 Å². The average Bonchev–Trinajstić information content (AvgIpc) is 2.48. The lowest BCUT2D eigenvalue weighted by atomic mass is 10.2. The van der Waals surface area contributed by atoms with Crippen molar-refractivity contribution in [2.45, 2.75) is 32.8 Å². The highest BCUT2D eigenvalue weighted by Crippen LogP contribution is 2.20. The summed E-state index contributed by atoms with van der Waals surface area (Å²) in [7, 11) is 0. The van der Waals surface area contributed by atoms with Crippen LogP contribution < -0.4 is 0 Å². The molecule has 0 saturated carbocycles. The number of hydrogen-bond acceptors (Lipinski definition) is 2. The molecule has 1 atom stereocenters. The Morgan fingerprint density at radius 1 is 1.57 bits per heavy atom. The molecule has 0 N–H and O–H groups in total. The van der Waals surface area contributed by atoms with Crippen LogP contribution in [-0.4, -0.2) is 34.1 Å². The summed E-state index contributed by atoms with van der Waals surface area (Å²) in [5, 5.41) is 0. The molecule has 0 aromatic rings. The van der Waals surface area contributed by atoms with Gasteiger partial charge in [-0.3, -0.25) is 0 Å². The van der Waals surface area contributed by atoms with Gasteiger partial charge >= 0.3 is 6.09 Å². The number of alkyl halides is 1. The highest BCUT2D eigenvalue weighted by Gasteiger charge is 2.28. The fourth-order valence-corrected chi connectivity index (χ4v) is 2.17. The molecule has 1 rings (SSSR count). The number of nitrogens with zero attached hydrogens (tertiary/aromatic N) is 1. The summed E-state index contributed by atoms with van der Waals surface area (Å²) in [6, 6.07) is 0. The van der Waals surface area contributed by atoms with Crippen molar-refractivity contribution in [1.29, 1.82) is 0 Å². The fraction of sp³-hybridized carbons (Fsp3) is 0.900. The largest absolute Gasteiger partial charge is 0.444 e. The Kier molecular flexibility index (Phi) is 4.04. The van der Waals surface area contributed by atoms with Crippen LogP contribution in [0.5, 0.6) is 0 Å². The lowest BCUT2D eigenvalue weighted by Gasteiger charge is -2.24. The summed E-state index contributed by atoms with van der Waals surface area (Å²) < 4.78 is 6.42. The van der Waals surface area contributed by atoms with E-state index in [4.69, 9.17) is 4.74 Å². The first-order valence-corrected chi connectivity index (χ1v) is 6.49. The van der Waals surface area contributed by atoms with Crippen molar-refractivity contribution >= 4 is 28.7 Å². The third-order valence-corrected chi connectivity index (χ3v) is 3.40. The molecule has 1 fully saturated rings. The maximum absolute atomic E-state index is 11.6. The zero-order chi connectivity index (χ0) is 10.8. The lowest BCUT2D eigenvalue weighted by molar-refractivity contribution is 0.0290. The zero-order valence-electron chi connectivity index (χ0n) is 9.05. The van der Waals surface area contributed by atoms with Gasteiger partial charge in [-0.05, 0) is 33.1 Å². The molecule has 1 heterocycles. The summed E-state index contributed by atoms with van der Waals surface area (Å²) in [4.78, 5) is 13.4.